The van der Waals surface area contributed by atoms with E-state index in [-0.39, 0.29) is 13.2 Å². The van der Waals surface area contributed by atoms with Crippen molar-refractivity contribution in [3.63, 3.8) is 0 Å². The maximum absolute atomic E-state index is 9.84. The fourth-order valence-electron chi connectivity index (χ4n) is 2.31. The lowest BCUT2D eigenvalue weighted by atomic mass is 9.78. The summed E-state index contributed by atoms with van der Waals surface area (Å²) < 4.78 is 1.75. The van der Waals surface area contributed by atoms with Gasteiger partial charge in [0.25, 0.3) is 0 Å². The summed E-state index contributed by atoms with van der Waals surface area (Å²) in [4.78, 5) is 4.21. The van der Waals surface area contributed by atoms with E-state index in [0.717, 1.165) is 11.4 Å². The minimum absolute atomic E-state index is 0.218. The molecule has 2 N–H and O–H groups in total. The van der Waals surface area contributed by atoms with Crippen molar-refractivity contribution in [1.82, 2.24) is 14.8 Å². The van der Waals surface area contributed by atoms with Crippen LogP contribution < -0.4 is 0 Å². The zero-order valence-electron chi connectivity index (χ0n) is 11.3. The average molecular weight is 296 g/mol. The van der Waals surface area contributed by atoms with E-state index in [1.807, 2.05) is 25.1 Å². The lowest BCUT2D eigenvalue weighted by Crippen LogP contribution is -2.38. The van der Waals surface area contributed by atoms with Gasteiger partial charge in [-0.05, 0) is 18.6 Å². The average Bonchev–Trinajstić information content (AvgIpc) is 2.92. The second-order valence-electron chi connectivity index (χ2n) is 4.75. The molecule has 0 aliphatic heterocycles. The summed E-state index contributed by atoms with van der Waals surface area (Å²) in [5, 5.41) is 24.3. The SMILES string of the molecule is CCn1ncnc1CC(CO)(CO)c1ccccc1Cl. The van der Waals surface area contributed by atoms with Gasteiger partial charge in [-0.15, -0.1) is 0 Å². The van der Waals surface area contributed by atoms with Crippen molar-refractivity contribution in [3.05, 3.63) is 47.0 Å². The van der Waals surface area contributed by atoms with Crippen LogP contribution in [0.1, 0.15) is 18.3 Å². The molecule has 2 aromatic rings. The van der Waals surface area contributed by atoms with E-state index in [2.05, 4.69) is 10.1 Å². The van der Waals surface area contributed by atoms with E-state index in [9.17, 15) is 10.2 Å². The van der Waals surface area contributed by atoms with Gasteiger partial charge in [0.05, 0.1) is 18.6 Å². The Hall–Kier alpha value is -1.43. The number of aliphatic hydroxyl groups is 2. The molecule has 0 saturated heterocycles. The highest BCUT2D eigenvalue weighted by molar-refractivity contribution is 6.31. The summed E-state index contributed by atoms with van der Waals surface area (Å²) in [6.07, 6.45) is 1.85. The number of hydrogen-bond donors (Lipinski definition) is 2. The summed E-state index contributed by atoms with van der Waals surface area (Å²) in [7, 11) is 0. The summed E-state index contributed by atoms with van der Waals surface area (Å²) in [5.74, 6) is 0.718. The van der Waals surface area contributed by atoms with E-state index in [1.165, 1.54) is 6.33 Å². The molecule has 5 nitrogen and oxygen atoms in total. The predicted octanol–water partition coefficient (Wildman–Crippen LogP) is 1.42. The Morgan fingerprint density at radius 2 is 1.95 bits per heavy atom. The van der Waals surface area contributed by atoms with Crippen LogP contribution in [-0.4, -0.2) is 38.2 Å². The van der Waals surface area contributed by atoms with Crippen LogP contribution in [0.25, 0.3) is 0 Å². The number of benzene rings is 1. The molecule has 0 aliphatic carbocycles. The molecular weight excluding hydrogens is 278 g/mol. The van der Waals surface area contributed by atoms with Crippen LogP contribution in [0.4, 0.5) is 0 Å². The number of rotatable bonds is 6. The monoisotopic (exact) mass is 295 g/mol. The molecule has 0 aliphatic rings. The molecule has 20 heavy (non-hydrogen) atoms. The van der Waals surface area contributed by atoms with Crippen LogP contribution in [0.15, 0.2) is 30.6 Å². The standard InChI is InChI=1S/C14H18ClN3O2/c1-2-18-13(16-10-17-18)7-14(8-19,9-20)11-5-3-4-6-12(11)15/h3-6,10,19-20H,2,7-9H2,1H3. The first-order valence-electron chi connectivity index (χ1n) is 6.50. The smallest absolute Gasteiger partial charge is 0.138 e. The first-order chi connectivity index (χ1) is 9.66. The van der Waals surface area contributed by atoms with Gasteiger partial charge in [0, 0.05) is 18.0 Å². The molecule has 0 unspecified atom stereocenters. The first-order valence-corrected chi connectivity index (χ1v) is 6.88. The number of aryl methyl sites for hydroxylation is 1. The molecule has 0 saturated carbocycles. The van der Waals surface area contributed by atoms with Gasteiger partial charge in [0.1, 0.15) is 12.2 Å². The quantitative estimate of drug-likeness (QED) is 0.845. The highest BCUT2D eigenvalue weighted by Crippen LogP contribution is 2.32. The van der Waals surface area contributed by atoms with Crippen molar-refractivity contribution in [1.29, 1.82) is 0 Å². The van der Waals surface area contributed by atoms with Crippen molar-refractivity contribution in [3.8, 4) is 0 Å². The third-order valence-corrected chi connectivity index (χ3v) is 3.87. The molecule has 0 radical (unpaired) electrons. The molecule has 0 spiro atoms. The van der Waals surface area contributed by atoms with Crippen molar-refractivity contribution in [2.45, 2.75) is 25.3 Å². The van der Waals surface area contributed by atoms with Gasteiger partial charge in [-0.1, -0.05) is 29.8 Å². The lowest BCUT2D eigenvalue weighted by Gasteiger charge is -2.30. The molecule has 6 heteroatoms. The minimum atomic E-state index is -0.863. The van der Waals surface area contributed by atoms with Crippen molar-refractivity contribution in [2.24, 2.45) is 0 Å². The molecule has 0 amide bonds. The normalized spacial score (nSPS) is 11.8. The second kappa shape index (κ2) is 6.35. The maximum atomic E-state index is 9.84. The van der Waals surface area contributed by atoms with Gasteiger partial charge in [-0.25, -0.2) is 4.98 Å². The van der Waals surface area contributed by atoms with Gasteiger partial charge in [0.15, 0.2) is 0 Å². The van der Waals surface area contributed by atoms with Gasteiger partial charge < -0.3 is 10.2 Å². The second-order valence-corrected chi connectivity index (χ2v) is 5.15. The number of hydrogen-bond acceptors (Lipinski definition) is 4. The topological polar surface area (TPSA) is 71.2 Å². The third kappa shape index (κ3) is 2.70. The Balaban J connectivity index is 2.43. The zero-order valence-corrected chi connectivity index (χ0v) is 12.1. The highest BCUT2D eigenvalue weighted by Gasteiger charge is 2.34. The Kier molecular flexibility index (Phi) is 4.75. The van der Waals surface area contributed by atoms with E-state index in [4.69, 9.17) is 11.6 Å². The summed E-state index contributed by atoms with van der Waals surface area (Å²) >= 11 is 6.21. The fourth-order valence-corrected chi connectivity index (χ4v) is 2.65. The molecule has 0 fully saturated rings. The maximum Gasteiger partial charge on any atom is 0.138 e. The molecule has 1 aromatic heterocycles. The Morgan fingerprint density at radius 1 is 1.25 bits per heavy atom. The van der Waals surface area contributed by atoms with Crippen LogP contribution in [0.3, 0.4) is 0 Å². The third-order valence-electron chi connectivity index (χ3n) is 3.54. The number of aliphatic hydroxyl groups excluding tert-OH is 2. The van der Waals surface area contributed by atoms with Crippen molar-refractivity contribution >= 4 is 11.6 Å². The van der Waals surface area contributed by atoms with Crippen LogP contribution in [0.2, 0.25) is 5.02 Å². The van der Waals surface area contributed by atoms with Gasteiger partial charge in [-0.2, -0.15) is 5.10 Å². The Morgan fingerprint density at radius 3 is 2.55 bits per heavy atom. The van der Waals surface area contributed by atoms with Gasteiger partial charge >= 0.3 is 0 Å². The van der Waals surface area contributed by atoms with E-state index in [0.29, 0.717) is 18.0 Å². The Bertz CT molecular complexity index is 567. The number of halogens is 1. The highest BCUT2D eigenvalue weighted by atomic mass is 35.5. The predicted molar refractivity (Wildman–Crippen MR) is 76.7 cm³/mol. The summed E-state index contributed by atoms with van der Waals surface area (Å²) in [6, 6.07) is 7.23. The molecule has 108 valence electrons. The minimum Gasteiger partial charge on any atom is -0.395 e. The van der Waals surface area contributed by atoms with E-state index >= 15 is 0 Å². The van der Waals surface area contributed by atoms with Crippen LogP contribution in [0, 0.1) is 0 Å². The number of nitrogens with zero attached hydrogens (tertiary/aromatic N) is 3. The molecule has 1 aromatic carbocycles. The van der Waals surface area contributed by atoms with Crippen LogP contribution in [-0.2, 0) is 18.4 Å². The van der Waals surface area contributed by atoms with Crippen molar-refractivity contribution in [2.75, 3.05) is 13.2 Å². The fraction of sp³-hybridized carbons (Fsp3) is 0.429. The van der Waals surface area contributed by atoms with Crippen LogP contribution >= 0.6 is 11.6 Å². The van der Waals surface area contributed by atoms with E-state index < -0.39 is 5.41 Å². The van der Waals surface area contributed by atoms with E-state index in [1.54, 1.807) is 10.7 Å². The largest absolute Gasteiger partial charge is 0.395 e. The van der Waals surface area contributed by atoms with Crippen LogP contribution in [0.5, 0.6) is 0 Å². The lowest BCUT2D eigenvalue weighted by molar-refractivity contribution is 0.114. The molecular formula is C14H18ClN3O2. The summed E-state index contributed by atoms with van der Waals surface area (Å²) in [6.45, 7) is 2.21. The van der Waals surface area contributed by atoms with Gasteiger partial charge in [-0.3, -0.25) is 4.68 Å². The molecule has 1 heterocycles. The molecule has 2 rings (SSSR count). The number of aromatic nitrogens is 3. The summed E-state index contributed by atoms with van der Waals surface area (Å²) in [5.41, 5.74) is -0.143. The van der Waals surface area contributed by atoms with Crippen molar-refractivity contribution < 1.29 is 10.2 Å². The Labute approximate surface area is 122 Å². The first kappa shape index (κ1) is 15.0. The molecule has 0 atom stereocenters. The molecule has 0 bridgehead atoms. The zero-order chi connectivity index (χ0) is 14.6. The van der Waals surface area contributed by atoms with Gasteiger partial charge in [0.2, 0.25) is 0 Å².